The van der Waals surface area contributed by atoms with Crippen LogP contribution in [0.4, 0.5) is 5.69 Å². The molecule has 0 N–H and O–H groups in total. The Balaban J connectivity index is 1.35. The molecule has 5 rings (SSSR count). The van der Waals surface area contributed by atoms with Gasteiger partial charge in [-0.05, 0) is 37.1 Å². The van der Waals surface area contributed by atoms with Crippen LogP contribution in [0.2, 0.25) is 0 Å². The zero-order chi connectivity index (χ0) is 19.8. The Kier molecular flexibility index (Phi) is 4.60. The number of rotatable bonds is 5. The number of hydrogen-bond acceptors (Lipinski definition) is 5. The van der Waals surface area contributed by atoms with E-state index < -0.39 is 0 Å². The summed E-state index contributed by atoms with van der Waals surface area (Å²) in [5, 5.41) is 10.4. The van der Waals surface area contributed by atoms with Crippen LogP contribution in [0.5, 0.6) is 0 Å². The van der Waals surface area contributed by atoms with Crippen LogP contribution in [0.25, 0.3) is 22.6 Å². The summed E-state index contributed by atoms with van der Waals surface area (Å²) >= 11 is 1.42. The average molecular weight is 404 g/mol. The highest BCUT2D eigenvalue weighted by atomic mass is 32.2. The van der Waals surface area contributed by atoms with E-state index in [0.717, 1.165) is 34.8 Å². The largest absolute Gasteiger partial charge is 0.453 e. The normalized spacial score (nSPS) is 13.2. The molecular formula is C22H20N4O2S. The molecule has 0 saturated carbocycles. The third-order valence-electron chi connectivity index (χ3n) is 5.19. The van der Waals surface area contributed by atoms with E-state index in [9.17, 15) is 4.79 Å². The number of fused-ring (bicyclic) bond motifs is 2. The third-order valence-corrected chi connectivity index (χ3v) is 6.14. The molecule has 0 radical (unpaired) electrons. The van der Waals surface area contributed by atoms with Gasteiger partial charge in [0.1, 0.15) is 5.58 Å². The summed E-state index contributed by atoms with van der Waals surface area (Å²) in [4.78, 5) is 14.7. The van der Waals surface area contributed by atoms with Gasteiger partial charge in [-0.2, -0.15) is 0 Å². The minimum absolute atomic E-state index is 0.0934. The van der Waals surface area contributed by atoms with Crippen molar-refractivity contribution in [2.24, 2.45) is 0 Å². The fourth-order valence-electron chi connectivity index (χ4n) is 3.76. The first-order valence-corrected chi connectivity index (χ1v) is 10.7. The first-order chi connectivity index (χ1) is 14.2. The molecular weight excluding hydrogens is 384 g/mol. The average Bonchev–Trinajstić information content (AvgIpc) is 3.47. The Morgan fingerprint density at radius 3 is 2.83 bits per heavy atom. The van der Waals surface area contributed by atoms with Crippen molar-refractivity contribution in [1.29, 1.82) is 0 Å². The fraction of sp³-hybridized carbons (Fsp3) is 0.227. The zero-order valence-corrected chi connectivity index (χ0v) is 16.9. The van der Waals surface area contributed by atoms with Gasteiger partial charge in [-0.15, -0.1) is 10.2 Å². The van der Waals surface area contributed by atoms with E-state index in [1.807, 2.05) is 64.9 Å². The minimum atomic E-state index is 0.0934. The Morgan fingerprint density at radius 1 is 1.14 bits per heavy atom. The molecule has 3 heterocycles. The van der Waals surface area contributed by atoms with Crippen LogP contribution >= 0.6 is 11.8 Å². The molecule has 2 aromatic carbocycles. The SMILES string of the molecule is CCn1c(SCC(=O)N2CCc3ccccc32)nnc1-c1cc2ccccc2o1. The maximum Gasteiger partial charge on any atom is 0.237 e. The number of aromatic nitrogens is 3. The van der Waals surface area contributed by atoms with E-state index in [4.69, 9.17) is 4.42 Å². The molecule has 0 aliphatic carbocycles. The van der Waals surface area contributed by atoms with E-state index >= 15 is 0 Å². The third kappa shape index (κ3) is 3.21. The van der Waals surface area contributed by atoms with Gasteiger partial charge in [0, 0.05) is 24.2 Å². The van der Waals surface area contributed by atoms with Crippen molar-refractivity contribution < 1.29 is 9.21 Å². The molecule has 29 heavy (non-hydrogen) atoms. The maximum atomic E-state index is 12.8. The van der Waals surface area contributed by atoms with Gasteiger partial charge in [0.05, 0.1) is 5.75 Å². The highest BCUT2D eigenvalue weighted by Crippen LogP contribution is 2.31. The molecule has 0 atom stereocenters. The number of nitrogens with zero attached hydrogens (tertiary/aromatic N) is 4. The van der Waals surface area contributed by atoms with E-state index in [0.29, 0.717) is 23.9 Å². The Hall–Kier alpha value is -3.06. The van der Waals surface area contributed by atoms with Gasteiger partial charge < -0.3 is 9.32 Å². The van der Waals surface area contributed by atoms with Crippen LogP contribution in [0.3, 0.4) is 0 Å². The lowest BCUT2D eigenvalue weighted by molar-refractivity contribution is -0.116. The summed E-state index contributed by atoms with van der Waals surface area (Å²) in [5.41, 5.74) is 3.08. The highest BCUT2D eigenvalue weighted by Gasteiger charge is 2.25. The number of thioether (sulfide) groups is 1. The summed E-state index contributed by atoms with van der Waals surface area (Å²) in [5.74, 6) is 1.79. The van der Waals surface area contributed by atoms with Crippen molar-refractivity contribution in [3.8, 4) is 11.6 Å². The van der Waals surface area contributed by atoms with Gasteiger partial charge in [-0.3, -0.25) is 9.36 Å². The van der Waals surface area contributed by atoms with Gasteiger partial charge in [-0.1, -0.05) is 48.2 Å². The summed E-state index contributed by atoms with van der Waals surface area (Å²) in [6, 6.07) is 18.0. The second-order valence-electron chi connectivity index (χ2n) is 6.91. The number of anilines is 1. The highest BCUT2D eigenvalue weighted by molar-refractivity contribution is 7.99. The van der Waals surface area contributed by atoms with Crippen LogP contribution in [0.1, 0.15) is 12.5 Å². The second kappa shape index (κ2) is 7.40. The Bertz CT molecular complexity index is 1160. The monoisotopic (exact) mass is 404 g/mol. The molecule has 0 bridgehead atoms. The quantitative estimate of drug-likeness (QED) is 0.462. The number of amides is 1. The predicted molar refractivity (Wildman–Crippen MR) is 114 cm³/mol. The first kappa shape index (κ1) is 18.0. The molecule has 4 aromatic rings. The van der Waals surface area contributed by atoms with Crippen molar-refractivity contribution in [3.05, 3.63) is 60.2 Å². The lowest BCUT2D eigenvalue weighted by Crippen LogP contribution is -2.30. The number of hydrogen-bond donors (Lipinski definition) is 0. The number of furan rings is 1. The van der Waals surface area contributed by atoms with Crippen molar-refractivity contribution >= 4 is 34.3 Å². The molecule has 7 heteroatoms. The molecule has 2 aromatic heterocycles. The summed E-state index contributed by atoms with van der Waals surface area (Å²) in [6.07, 6.45) is 0.911. The molecule has 6 nitrogen and oxygen atoms in total. The van der Waals surface area contributed by atoms with E-state index in [-0.39, 0.29) is 5.91 Å². The van der Waals surface area contributed by atoms with E-state index in [2.05, 4.69) is 16.3 Å². The first-order valence-electron chi connectivity index (χ1n) is 9.68. The van der Waals surface area contributed by atoms with Crippen LogP contribution in [0, 0.1) is 0 Å². The van der Waals surface area contributed by atoms with Gasteiger partial charge in [0.15, 0.2) is 10.9 Å². The van der Waals surface area contributed by atoms with Gasteiger partial charge >= 0.3 is 0 Å². The summed E-state index contributed by atoms with van der Waals surface area (Å²) in [6.45, 7) is 3.48. The van der Waals surface area contributed by atoms with E-state index in [1.54, 1.807) is 0 Å². The smallest absolute Gasteiger partial charge is 0.237 e. The molecule has 0 saturated heterocycles. The summed E-state index contributed by atoms with van der Waals surface area (Å²) < 4.78 is 7.94. The molecule has 0 fully saturated rings. The Morgan fingerprint density at radius 2 is 1.97 bits per heavy atom. The van der Waals surface area contributed by atoms with Crippen LogP contribution in [-0.2, 0) is 17.8 Å². The number of benzene rings is 2. The van der Waals surface area contributed by atoms with Crippen LogP contribution in [0.15, 0.2) is 64.2 Å². The zero-order valence-electron chi connectivity index (χ0n) is 16.0. The second-order valence-corrected chi connectivity index (χ2v) is 7.85. The molecule has 1 amide bonds. The number of carbonyl (C=O) groups is 1. The Labute approximate surface area is 172 Å². The van der Waals surface area contributed by atoms with Crippen molar-refractivity contribution in [3.63, 3.8) is 0 Å². The topological polar surface area (TPSA) is 64.2 Å². The van der Waals surface area contributed by atoms with Gasteiger partial charge in [-0.25, -0.2) is 0 Å². The van der Waals surface area contributed by atoms with Crippen molar-refractivity contribution in [1.82, 2.24) is 14.8 Å². The van der Waals surface area contributed by atoms with Gasteiger partial charge in [0.2, 0.25) is 11.7 Å². The lowest BCUT2D eigenvalue weighted by Gasteiger charge is -2.16. The maximum absolute atomic E-state index is 12.8. The van der Waals surface area contributed by atoms with E-state index in [1.165, 1.54) is 17.3 Å². The molecule has 0 unspecified atom stereocenters. The van der Waals surface area contributed by atoms with Crippen molar-refractivity contribution in [2.45, 2.75) is 25.0 Å². The molecule has 146 valence electrons. The van der Waals surface area contributed by atoms with Crippen LogP contribution in [-0.4, -0.2) is 33.0 Å². The molecule has 1 aliphatic heterocycles. The predicted octanol–water partition coefficient (Wildman–Crippen LogP) is 4.39. The standard InChI is InChI=1S/C22H20N4O2S/c1-2-25-21(19-13-16-8-4-6-10-18(16)28-19)23-24-22(25)29-14-20(27)26-12-11-15-7-3-5-9-17(15)26/h3-10,13H,2,11-12,14H2,1H3. The lowest BCUT2D eigenvalue weighted by atomic mass is 10.2. The van der Waals surface area contributed by atoms with Crippen LogP contribution < -0.4 is 4.90 Å². The minimum Gasteiger partial charge on any atom is -0.453 e. The number of para-hydroxylation sites is 2. The van der Waals surface area contributed by atoms with Gasteiger partial charge in [0.25, 0.3) is 0 Å². The molecule has 1 aliphatic rings. The number of carbonyl (C=O) groups excluding carboxylic acids is 1. The fourth-order valence-corrected chi connectivity index (χ4v) is 4.63. The van der Waals surface area contributed by atoms with Crippen molar-refractivity contribution in [2.75, 3.05) is 17.2 Å². The summed E-state index contributed by atoms with van der Waals surface area (Å²) in [7, 11) is 0. The molecule has 0 spiro atoms.